The summed E-state index contributed by atoms with van der Waals surface area (Å²) < 4.78 is 28.1. The van der Waals surface area contributed by atoms with Gasteiger partial charge >= 0.3 is 0 Å². The third-order valence-electron chi connectivity index (χ3n) is 5.04. The normalized spacial score (nSPS) is 19.7. The molecule has 2 unspecified atom stereocenters. The average Bonchev–Trinajstić information content (AvgIpc) is 3.01. The molecule has 2 atom stereocenters. The topological polar surface area (TPSA) is 15.8 Å². The molecule has 4 rings (SSSR count). The van der Waals surface area contributed by atoms with Gasteiger partial charge in [0.05, 0.1) is 0 Å². The van der Waals surface area contributed by atoms with Crippen LogP contribution in [-0.4, -0.2) is 17.2 Å². The van der Waals surface area contributed by atoms with Crippen molar-refractivity contribution in [3.05, 3.63) is 69.3 Å². The van der Waals surface area contributed by atoms with Crippen LogP contribution in [0.5, 0.6) is 0 Å². The molecular formula is C20H17Cl2F2NS. The number of aromatic nitrogens is 1. The summed E-state index contributed by atoms with van der Waals surface area (Å²) >= 11 is 14.1. The minimum atomic E-state index is -2.66. The van der Waals surface area contributed by atoms with E-state index in [1.54, 1.807) is 30.0 Å². The lowest BCUT2D eigenvalue weighted by atomic mass is 9.86. The molecule has 1 aliphatic rings. The molecule has 1 aliphatic carbocycles. The summed E-state index contributed by atoms with van der Waals surface area (Å²) in [4.78, 5) is 3.31. The molecule has 0 saturated heterocycles. The predicted molar refractivity (Wildman–Crippen MR) is 107 cm³/mol. The largest absolute Gasteiger partial charge is 0.361 e. The van der Waals surface area contributed by atoms with Gasteiger partial charge in [0, 0.05) is 51.2 Å². The van der Waals surface area contributed by atoms with Gasteiger partial charge in [-0.1, -0.05) is 47.5 Å². The van der Waals surface area contributed by atoms with Gasteiger partial charge in [-0.25, -0.2) is 8.78 Å². The molecule has 26 heavy (non-hydrogen) atoms. The first kappa shape index (κ1) is 18.1. The van der Waals surface area contributed by atoms with E-state index in [-0.39, 0.29) is 6.42 Å². The van der Waals surface area contributed by atoms with Crippen molar-refractivity contribution >= 4 is 45.9 Å². The van der Waals surface area contributed by atoms with Crippen LogP contribution in [0.15, 0.2) is 42.6 Å². The molecule has 1 saturated carbocycles. The van der Waals surface area contributed by atoms with E-state index >= 15 is 0 Å². The molecule has 0 aliphatic heterocycles. The number of H-pyrrole nitrogens is 1. The van der Waals surface area contributed by atoms with Crippen LogP contribution in [0.3, 0.4) is 0 Å². The van der Waals surface area contributed by atoms with E-state index in [1.165, 1.54) is 5.56 Å². The molecule has 1 N–H and O–H groups in total. The van der Waals surface area contributed by atoms with Crippen LogP contribution in [0, 0.1) is 5.92 Å². The van der Waals surface area contributed by atoms with Gasteiger partial charge in [0.15, 0.2) is 0 Å². The molecule has 1 fully saturated rings. The van der Waals surface area contributed by atoms with Crippen molar-refractivity contribution in [3.8, 4) is 0 Å². The van der Waals surface area contributed by atoms with Gasteiger partial charge in [-0.15, -0.1) is 0 Å². The van der Waals surface area contributed by atoms with E-state index in [0.717, 1.165) is 22.2 Å². The maximum absolute atomic E-state index is 14.1. The second-order valence-corrected chi connectivity index (χ2v) is 8.44. The van der Waals surface area contributed by atoms with E-state index in [0.29, 0.717) is 15.6 Å². The van der Waals surface area contributed by atoms with Crippen molar-refractivity contribution in [2.24, 2.45) is 5.92 Å². The molecule has 0 bridgehead atoms. The van der Waals surface area contributed by atoms with Crippen LogP contribution in [0.25, 0.3) is 10.9 Å². The monoisotopic (exact) mass is 411 g/mol. The minimum Gasteiger partial charge on any atom is -0.361 e. The average molecular weight is 412 g/mol. The summed E-state index contributed by atoms with van der Waals surface area (Å²) in [5.74, 6) is -3.01. The SMILES string of the molecule is CSCc1cccc2c(C(c3ccc(Cl)cc3Cl)C3CC3(F)F)c[nH]c12. The Labute approximate surface area is 165 Å². The van der Waals surface area contributed by atoms with Gasteiger partial charge in [0.2, 0.25) is 0 Å². The van der Waals surface area contributed by atoms with Crippen LogP contribution in [0.4, 0.5) is 8.78 Å². The number of nitrogens with one attached hydrogen (secondary N) is 1. The number of aromatic amines is 1. The molecule has 136 valence electrons. The predicted octanol–water partition coefficient (Wildman–Crippen LogP) is 7.12. The number of fused-ring (bicyclic) bond motifs is 1. The van der Waals surface area contributed by atoms with Crippen LogP contribution in [0.2, 0.25) is 10.0 Å². The third kappa shape index (κ3) is 3.12. The van der Waals surface area contributed by atoms with Crippen molar-refractivity contribution in [1.29, 1.82) is 0 Å². The second-order valence-electron chi connectivity index (χ2n) is 6.73. The number of benzene rings is 2. The van der Waals surface area contributed by atoms with Crippen LogP contribution < -0.4 is 0 Å². The highest BCUT2D eigenvalue weighted by Gasteiger charge is 2.61. The molecule has 0 radical (unpaired) electrons. The Morgan fingerprint density at radius 1 is 1.23 bits per heavy atom. The number of halogens is 4. The maximum Gasteiger partial charge on any atom is 0.252 e. The summed E-state index contributed by atoms with van der Waals surface area (Å²) in [6, 6.07) is 11.1. The zero-order valence-corrected chi connectivity index (χ0v) is 16.4. The summed E-state index contributed by atoms with van der Waals surface area (Å²) in [6.45, 7) is 0. The summed E-state index contributed by atoms with van der Waals surface area (Å²) in [6.07, 6.45) is 3.79. The molecule has 2 aromatic carbocycles. The number of hydrogen-bond acceptors (Lipinski definition) is 1. The zero-order valence-electron chi connectivity index (χ0n) is 14.0. The highest BCUT2D eigenvalue weighted by molar-refractivity contribution is 7.97. The smallest absolute Gasteiger partial charge is 0.252 e. The Morgan fingerprint density at radius 3 is 2.65 bits per heavy atom. The van der Waals surface area contributed by atoms with Crippen molar-refractivity contribution in [3.63, 3.8) is 0 Å². The molecule has 6 heteroatoms. The lowest BCUT2D eigenvalue weighted by Gasteiger charge is -2.19. The fraction of sp³-hybridized carbons (Fsp3) is 0.300. The Morgan fingerprint density at radius 2 is 2.00 bits per heavy atom. The van der Waals surface area contributed by atoms with Crippen molar-refractivity contribution < 1.29 is 8.78 Å². The quantitative estimate of drug-likeness (QED) is 0.472. The number of thioether (sulfide) groups is 1. The number of para-hydroxylation sites is 1. The molecule has 0 amide bonds. The Balaban J connectivity index is 1.88. The van der Waals surface area contributed by atoms with Gasteiger partial charge in [0.25, 0.3) is 5.92 Å². The van der Waals surface area contributed by atoms with Gasteiger partial charge in [-0.2, -0.15) is 11.8 Å². The first-order chi connectivity index (χ1) is 12.4. The minimum absolute atomic E-state index is 0.117. The van der Waals surface area contributed by atoms with Gasteiger partial charge in [-0.05, 0) is 35.1 Å². The fourth-order valence-electron chi connectivity index (χ4n) is 3.72. The van der Waals surface area contributed by atoms with E-state index in [1.807, 2.05) is 24.6 Å². The van der Waals surface area contributed by atoms with E-state index in [9.17, 15) is 8.78 Å². The molecule has 1 heterocycles. The summed E-state index contributed by atoms with van der Waals surface area (Å²) in [5.41, 5.74) is 3.75. The van der Waals surface area contributed by atoms with E-state index < -0.39 is 17.8 Å². The number of rotatable bonds is 5. The van der Waals surface area contributed by atoms with E-state index in [4.69, 9.17) is 23.2 Å². The first-order valence-corrected chi connectivity index (χ1v) is 10.5. The Hall–Kier alpha value is -1.23. The lowest BCUT2D eigenvalue weighted by molar-refractivity contribution is 0.0955. The molecule has 3 aromatic rings. The Kier molecular flexibility index (Phi) is 4.70. The molecular weight excluding hydrogens is 395 g/mol. The third-order valence-corrected chi connectivity index (χ3v) is 6.21. The van der Waals surface area contributed by atoms with Gasteiger partial charge in [0.1, 0.15) is 0 Å². The maximum atomic E-state index is 14.1. The highest BCUT2D eigenvalue weighted by Crippen LogP contribution is 2.59. The fourth-order valence-corrected chi connectivity index (χ4v) is 4.80. The molecule has 0 spiro atoms. The second kappa shape index (κ2) is 6.74. The van der Waals surface area contributed by atoms with Crippen molar-refractivity contribution in [2.75, 3.05) is 6.26 Å². The Bertz CT molecular complexity index is 970. The van der Waals surface area contributed by atoms with E-state index in [2.05, 4.69) is 11.1 Å². The zero-order chi connectivity index (χ0) is 18.5. The first-order valence-electron chi connectivity index (χ1n) is 8.33. The van der Waals surface area contributed by atoms with Crippen LogP contribution in [0.1, 0.15) is 29.0 Å². The van der Waals surface area contributed by atoms with Gasteiger partial charge in [-0.3, -0.25) is 0 Å². The summed E-state index contributed by atoms with van der Waals surface area (Å²) in [7, 11) is 0. The van der Waals surface area contributed by atoms with Crippen molar-refractivity contribution in [2.45, 2.75) is 24.0 Å². The summed E-state index contributed by atoms with van der Waals surface area (Å²) in [5, 5.41) is 1.91. The highest BCUT2D eigenvalue weighted by atomic mass is 35.5. The molecule has 1 nitrogen and oxygen atoms in total. The van der Waals surface area contributed by atoms with Crippen LogP contribution >= 0.6 is 35.0 Å². The standard InChI is InChI=1S/C20H17Cl2F2NS/c1-26-10-11-3-2-4-13-15(9-25-19(11)13)18(16-8-20(16,23)24)14-6-5-12(21)7-17(14)22/h2-7,9,16,18,25H,8,10H2,1H3. The number of hydrogen-bond donors (Lipinski definition) is 1. The van der Waals surface area contributed by atoms with Crippen LogP contribution in [-0.2, 0) is 5.75 Å². The lowest BCUT2D eigenvalue weighted by Crippen LogP contribution is -2.09. The van der Waals surface area contributed by atoms with Crippen molar-refractivity contribution in [1.82, 2.24) is 4.98 Å². The number of alkyl halides is 2. The molecule has 1 aromatic heterocycles. The van der Waals surface area contributed by atoms with Gasteiger partial charge < -0.3 is 4.98 Å².